The van der Waals surface area contributed by atoms with Gasteiger partial charge in [0.05, 0.1) is 0 Å². The predicted octanol–water partition coefficient (Wildman–Crippen LogP) is 3.41. The van der Waals surface area contributed by atoms with Crippen LogP contribution in [-0.4, -0.2) is 28.9 Å². The molecule has 0 fully saturated rings. The van der Waals surface area contributed by atoms with Crippen molar-refractivity contribution in [3.63, 3.8) is 0 Å². The third-order valence-corrected chi connectivity index (χ3v) is 3.88. The molecule has 1 rings (SSSR count). The molecule has 19 heavy (non-hydrogen) atoms. The van der Waals surface area contributed by atoms with Crippen molar-refractivity contribution in [3.05, 3.63) is 34.9 Å². The van der Waals surface area contributed by atoms with Gasteiger partial charge in [-0.3, -0.25) is 4.79 Å². The van der Waals surface area contributed by atoms with E-state index < -0.39 is 12.0 Å². The monoisotopic (exact) mass is 301 g/mol. The van der Waals surface area contributed by atoms with Crippen LogP contribution in [0.15, 0.2) is 24.3 Å². The summed E-state index contributed by atoms with van der Waals surface area (Å²) in [5, 5.41) is 12.9. The minimum absolute atomic E-state index is 0.183. The molecule has 3 nitrogen and oxygen atoms in total. The van der Waals surface area contributed by atoms with Gasteiger partial charge < -0.3 is 10.4 Å². The van der Waals surface area contributed by atoms with E-state index in [0.29, 0.717) is 6.42 Å². The van der Waals surface area contributed by atoms with Gasteiger partial charge in [-0.2, -0.15) is 11.8 Å². The normalized spacial score (nSPS) is 12.6. The Morgan fingerprint density at radius 2 is 2.00 bits per heavy atom. The van der Waals surface area contributed by atoms with Gasteiger partial charge >= 0.3 is 5.97 Å². The van der Waals surface area contributed by atoms with Crippen LogP contribution in [0.5, 0.6) is 0 Å². The lowest BCUT2D eigenvalue weighted by atomic mass is 10.2. The van der Waals surface area contributed by atoms with Crippen LogP contribution in [0.2, 0.25) is 5.02 Å². The number of halogens is 1. The maximum Gasteiger partial charge on any atom is 0.320 e. The molecule has 1 unspecified atom stereocenters. The zero-order chi connectivity index (χ0) is 14.3. The predicted molar refractivity (Wildman–Crippen MR) is 81.9 cm³/mol. The Morgan fingerprint density at radius 1 is 1.37 bits per heavy atom. The van der Waals surface area contributed by atoms with Crippen LogP contribution in [0.4, 0.5) is 0 Å². The molecule has 0 saturated heterocycles. The minimum Gasteiger partial charge on any atom is -0.480 e. The molecule has 0 amide bonds. The highest BCUT2D eigenvalue weighted by atomic mass is 35.5. The van der Waals surface area contributed by atoms with E-state index in [1.54, 1.807) is 11.8 Å². The third kappa shape index (κ3) is 6.85. The molecular formula is C14H20ClNO2S. The molecule has 5 heteroatoms. The summed E-state index contributed by atoms with van der Waals surface area (Å²) >= 11 is 7.56. The minimum atomic E-state index is -0.777. The highest BCUT2D eigenvalue weighted by Crippen LogP contribution is 2.16. The van der Waals surface area contributed by atoms with Gasteiger partial charge in [0.25, 0.3) is 0 Å². The van der Waals surface area contributed by atoms with E-state index in [9.17, 15) is 4.79 Å². The van der Waals surface area contributed by atoms with Crippen LogP contribution in [0.1, 0.15) is 25.8 Å². The van der Waals surface area contributed by atoms with Crippen molar-refractivity contribution < 1.29 is 9.90 Å². The molecule has 0 aliphatic heterocycles. The maximum atomic E-state index is 11.1. The zero-order valence-corrected chi connectivity index (χ0v) is 12.8. The van der Waals surface area contributed by atoms with E-state index in [4.69, 9.17) is 16.7 Å². The summed E-state index contributed by atoms with van der Waals surface area (Å²) in [7, 11) is 0. The Labute approximate surface area is 123 Å². The standard InChI is InChI=1S/C14H20ClNO2S/c1-10(2)16-13(14(17)18)7-8-19-9-11-3-5-12(15)6-4-11/h3-6,10,13,16H,7-9H2,1-2H3,(H,17,18). The number of carboxylic acids is 1. The zero-order valence-electron chi connectivity index (χ0n) is 11.2. The number of hydrogen-bond acceptors (Lipinski definition) is 3. The molecule has 2 N–H and O–H groups in total. The second-order valence-corrected chi connectivity index (χ2v) is 6.22. The van der Waals surface area contributed by atoms with Crippen LogP contribution in [0, 0.1) is 0 Å². The van der Waals surface area contributed by atoms with Crippen molar-refractivity contribution in [2.45, 2.75) is 38.1 Å². The molecule has 0 heterocycles. The fraction of sp³-hybridized carbons (Fsp3) is 0.500. The van der Waals surface area contributed by atoms with E-state index in [-0.39, 0.29) is 6.04 Å². The number of hydrogen-bond donors (Lipinski definition) is 2. The van der Waals surface area contributed by atoms with Crippen molar-refractivity contribution in [2.75, 3.05) is 5.75 Å². The molecular weight excluding hydrogens is 282 g/mol. The van der Waals surface area contributed by atoms with E-state index >= 15 is 0 Å². The van der Waals surface area contributed by atoms with Gasteiger partial charge in [0, 0.05) is 16.8 Å². The first-order valence-corrected chi connectivity index (χ1v) is 7.83. The highest BCUT2D eigenvalue weighted by molar-refractivity contribution is 7.98. The van der Waals surface area contributed by atoms with Crippen molar-refractivity contribution >= 4 is 29.3 Å². The van der Waals surface area contributed by atoms with Crippen LogP contribution in [-0.2, 0) is 10.5 Å². The molecule has 1 atom stereocenters. The summed E-state index contributed by atoms with van der Waals surface area (Å²) in [4.78, 5) is 11.1. The molecule has 0 spiro atoms. The van der Waals surface area contributed by atoms with Gasteiger partial charge in [0.2, 0.25) is 0 Å². The number of thioether (sulfide) groups is 1. The lowest BCUT2D eigenvalue weighted by molar-refractivity contribution is -0.139. The number of aliphatic carboxylic acids is 1. The smallest absolute Gasteiger partial charge is 0.320 e. The summed E-state index contributed by atoms with van der Waals surface area (Å²) in [5.41, 5.74) is 1.21. The number of carboxylic acid groups (broad SMARTS) is 1. The van der Waals surface area contributed by atoms with Crippen molar-refractivity contribution in [2.24, 2.45) is 0 Å². The summed E-state index contributed by atoms with van der Waals surface area (Å²) in [6.45, 7) is 3.91. The fourth-order valence-corrected chi connectivity index (χ4v) is 2.75. The van der Waals surface area contributed by atoms with Gasteiger partial charge in [-0.05, 0) is 29.9 Å². The lowest BCUT2D eigenvalue weighted by Crippen LogP contribution is -2.41. The summed E-state index contributed by atoms with van der Waals surface area (Å²) in [6.07, 6.45) is 0.631. The molecule has 0 aliphatic rings. The van der Waals surface area contributed by atoms with Gasteiger partial charge in [-0.1, -0.05) is 37.6 Å². The average molecular weight is 302 g/mol. The Kier molecular flexibility index (Phi) is 7.28. The van der Waals surface area contributed by atoms with Crippen LogP contribution in [0.25, 0.3) is 0 Å². The van der Waals surface area contributed by atoms with Crippen molar-refractivity contribution in [3.8, 4) is 0 Å². The molecule has 0 saturated carbocycles. The first-order valence-electron chi connectivity index (χ1n) is 6.30. The average Bonchev–Trinajstić information content (AvgIpc) is 2.34. The molecule has 0 aromatic heterocycles. The number of benzene rings is 1. The Bertz CT molecular complexity index is 395. The molecule has 1 aromatic carbocycles. The SMILES string of the molecule is CC(C)NC(CCSCc1ccc(Cl)cc1)C(=O)O. The second kappa shape index (κ2) is 8.46. The largest absolute Gasteiger partial charge is 0.480 e. The Balaban J connectivity index is 2.28. The quantitative estimate of drug-likeness (QED) is 0.722. The lowest BCUT2D eigenvalue weighted by Gasteiger charge is -2.16. The van der Waals surface area contributed by atoms with E-state index in [0.717, 1.165) is 16.5 Å². The molecule has 0 aliphatic carbocycles. The number of rotatable bonds is 8. The van der Waals surface area contributed by atoms with Crippen LogP contribution >= 0.6 is 23.4 Å². The Hall–Kier alpha value is -0.710. The van der Waals surface area contributed by atoms with Crippen LogP contribution in [0.3, 0.4) is 0 Å². The van der Waals surface area contributed by atoms with Gasteiger partial charge in [0.15, 0.2) is 0 Å². The topological polar surface area (TPSA) is 49.3 Å². The first-order chi connectivity index (χ1) is 8.99. The fourth-order valence-electron chi connectivity index (χ4n) is 1.65. The maximum absolute atomic E-state index is 11.1. The van der Waals surface area contributed by atoms with Gasteiger partial charge in [0.1, 0.15) is 6.04 Å². The summed E-state index contributed by atoms with van der Waals surface area (Å²) in [6, 6.07) is 7.46. The molecule has 0 bridgehead atoms. The van der Waals surface area contributed by atoms with Gasteiger partial charge in [-0.15, -0.1) is 0 Å². The number of carbonyl (C=O) groups is 1. The Morgan fingerprint density at radius 3 is 2.53 bits per heavy atom. The van der Waals surface area contributed by atoms with Gasteiger partial charge in [-0.25, -0.2) is 0 Å². The van der Waals surface area contributed by atoms with E-state index in [2.05, 4.69) is 5.32 Å². The second-order valence-electron chi connectivity index (χ2n) is 4.68. The highest BCUT2D eigenvalue weighted by Gasteiger charge is 2.17. The van der Waals surface area contributed by atoms with E-state index in [1.165, 1.54) is 5.56 Å². The third-order valence-electron chi connectivity index (χ3n) is 2.57. The molecule has 0 radical (unpaired) electrons. The van der Waals surface area contributed by atoms with Crippen molar-refractivity contribution in [1.82, 2.24) is 5.32 Å². The number of nitrogens with one attached hydrogen (secondary N) is 1. The van der Waals surface area contributed by atoms with E-state index in [1.807, 2.05) is 38.1 Å². The first kappa shape index (κ1) is 16.3. The molecule has 106 valence electrons. The summed E-state index contributed by atoms with van der Waals surface area (Å²) in [5.74, 6) is 0.922. The van der Waals surface area contributed by atoms with Crippen LogP contribution < -0.4 is 5.32 Å². The summed E-state index contributed by atoms with van der Waals surface area (Å²) < 4.78 is 0. The molecule has 1 aromatic rings. The van der Waals surface area contributed by atoms with Crippen molar-refractivity contribution in [1.29, 1.82) is 0 Å².